The number of likely N-dealkylation sites (N-methyl/N-ethyl adjacent to an activating group) is 1. The van der Waals surface area contributed by atoms with Crippen LogP contribution < -0.4 is 5.32 Å². The minimum absolute atomic E-state index is 0.0112. The number of carboxylic acids is 1. The van der Waals surface area contributed by atoms with E-state index in [1.165, 1.54) is 4.90 Å². The monoisotopic (exact) mass is 284 g/mol. The topological polar surface area (TPSA) is 69.6 Å². The Hall–Kier alpha value is -1.59. The van der Waals surface area contributed by atoms with Crippen molar-refractivity contribution in [3.63, 3.8) is 0 Å². The Bertz CT molecular complexity index is 465. The van der Waals surface area contributed by atoms with E-state index in [9.17, 15) is 9.59 Å². The van der Waals surface area contributed by atoms with Gasteiger partial charge in [-0.2, -0.15) is 0 Å². The standard InChI is InChI=1S/C13H17ClN2O3/c1-3-11(13(18)19)16(2)8-12(17)15-10-6-4-5-9(14)7-10/h4-7,11H,3,8H2,1-2H3,(H,15,17)(H,18,19). The van der Waals surface area contributed by atoms with Crippen molar-refractivity contribution in [2.24, 2.45) is 0 Å². The first-order valence-electron chi connectivity index (χ1n) is 5.92. The zero-order valence-electron chi connectivity index (χ0n) is 10.9. The van der Waals surface area contributed by atoms with Crippen LogP contribution in [0, 0.1) is 0 Å². The summed E-state index contributed by atoms with van der Waals surface area (Å²) in [7, 11) is 1.61. The van der Waals surface area contributed by atoms with Crippen LogP contribution in [-0.2, 0) is 9.59 Å². The lowest BCUT2D eigenvalue weighted by Crippen LogP contribution is -2.42. The summed E-state index contributed by atoms with van der Waals surface area (Å²) in [6.45, 7) is 1.78. The van der Waals surface area contributed by atoms with Gasteiger partial charge in [0.1, 0.15) is 6.04 Å². The number of carbonyl (C=O) groups is 2. The highest BCUT2D eigenvalue weighted by Gasteiger charge is 2.22. The van der Waals surface area contributed by atoms with Crippen LogP contribution in [0.15, 0.2) is 24.3 Å². The molecule has 0 spiro atoms. The molecule has 1 atom stereocenters. The van der Waals surface area contributed by atoms with Crippen LogP contribution in [0.4, 0.5) is 5.69 Å². The predicted molar refractivity (Wildman–Crippen MR) is 74.4 cm³/mol. The van der Waals surface area contributed by atoms with Gasteiger partial charge in [0.05, 0.1) is 6.54 Å². The second-order valence-electron chi connectivity index (χ2n) is 4.24. The summed E-state index contributed by atoms with van der Waals surface area (Å²) < 4.78 is 0. The first-order valence-corrected chi connectivity index (χ1v) is 6.30. The van der Waals surface area contributed by atoms with Crippen LogP contribution in [0.25, 0.3) is 0 Å². The Kier molecular flexibility index (Phi) is 5.79. The zero-order valence-corrected chi connectivity index (χ0v) is 11.6. The normalized spacial score (nSPS) is 12.2. The smallest absolute Gasteiger partial charge is 0.320 e. The minimum Gasteiger partial charge on any atom is -0.480 e. The molecule has 0 bridgehead atoms. The molecule has 1 unspecified atom stereocenters. The van der Waals surface area contributed by atoms with Crippen molar-refractivity contribution >= 4 is 29.2 Å². The van der Waals surface area contributed by atoms with Crippen molar-refractivity contribution in [2.45, 2.75) is 19.4 Å². The number of hydrogen-bond acceptors (Lipinski definition) is 3. The summed E-state index contributed by atoms with van der Waals surface area (Å²) in [5, 5.41) is 12.2. The number of nitrogens with one attached hydrogen (secondary N) is 1. The Morgan fingerprint density at radius 2 is 2.16 bits per heavy atom. The zero-order chi connectivity index (χ0) is 14.4. The molecule has 19 heavy (non-hydrogen) atoms. The summed E-state index contributed by atoms with van der Waals surface area (Å²) in [4.78, 5) is 24.3. The third-order valence-electron chi connectivity index (χ3n) is 2.71. The molecule has 0 aliphatic carbocycles. The third kappa shape index (κ3) is 4.89. The van der Waals surface area contributed by atoms with Gasteiger partial charge in [0.15, 0.2) is 0 Å². The van der Waals surface area contributed by atoms with Gasteiger partial charge in [-0.05, 0) is 31.7 Å². The molecule has 0 aliphatic heterocycles. The van der Waals surface area contributed by atoms with E-state index in [1.807, 2.05) is 0 Å². The van der Waals surface area contributed by atoms with E-state index in [0.717, 1.165) is 0 Å². The van der Waals surface area contributed by atoms with Crippen LogP contribution in [0.5, 0.6) is 0 Å². The molecule has 2 N–H and O–H groups in total. The van der Waals surface area contributed by atoms with Crippen molar-refractivity contribution in [3.05, 3.63) is 29.3 Å². The molecule has 104 valence electrons. The van der Waals surface area contributed by atoms with Crippen LogP contribution in [0.1, 0.15) is 13.3 Å². The molecule has 1 aromatic rings. The van der Waals surface area contributed by atoms with Crippen LogP contribution >= 0.6 is 11.6 Å². The fourth-order valence-electron chi connectivity index (χ4n) is 1.78. The van der Waals surface area contributed by atoms with Gasteiger partial charge in [-0.1, -0.05) is 24.6 Å². The molecule has 1 aromatic carbocycles. The minimum atomic E-state index is -0.930. The quantitative estimate of drug-likeness (QED) is 0.839. The van der Waals surface area contributed by atoms with Crippen molar-refractivity contribution in [3.8, 4) is 0 Å². The maximum Gasteiger partial charge on any atom is 0.320 e. The number of carboxylic acid groups (broad SMARTS) is 1. The second-order valence-corrected chi connectivity index (χ2v) is 4.67. The molecule has 6 heteroatoms. The lowest BCUT2D eigenvalue weighted by molar-refractivity contribution is -0.143. The number of aliphatic carboxylic acids is 1. The molecule has 0 heterocycles. The molecule has 0 aliphatic rings. The van der Waals surface area contributed by atoms with E-state index in [1.54, 1.807) is 38.2 Å². The highest BCUT2D eigenvalue weighted by Crippen LogP contribution is 2.14. The Labute approximate surface area is 117 Å². The molecule has 0 radical (unpaired) electrons. The van der Waals surface area contributed by atoms with Gasteiger partial charge in [-0.15, -0.1) is 0 Å². The molecular weight excluding hydrogens is 268 g/mol. The van der Waals surface area contributed by atoms with Crippen molar-refractivity contribution < 1.29 is 14.7 Å². The highest BCUT2D eigenvalue weighted by molar-refractivity contribution is 6.30. The summed E-state index contributed by atoms with van der Waals surface area (Å²) in [6, 6.07) is 6.13. The van der Waals surface area contributed by atoms with E-state index < -0.39 is 12.0 Å². The van der Waals surface area contributed by atoms with E-state index in [0.29, 0.717) is 17.1 Å². The van der Waals surface area contributed by atoms with Crippen LogP contribution in [0.2, 0.25) is 5.02 Å². The van der Waals surface area contributed by atoms with Gasteiger partial charge in [-0.3, -0.25) is 14.5 Å². The van der Waals surface area contributed by atoms with Crippen molar-refractivity contribution in [1.82, 2.24) is 4.90 Å². The number of hydrogen-bond donors (Lipinski definition) is 2. The largest absolute Gasteiger partial charge is 0.480 e. The summed E-state index contributed by atoms with van der Waals surface area (Å²) in [6.07, 6.45) is 0.441. The molecule has 0 saturated heterocycles. The number of anilines is 1. The van der Waals surface area contributed by atoms with Gasteiger partial charge < -0.3 is 10.4 Å². The van der Waals surface area contributed by atoms with Crippen LogP contribution in [-0.4, -0.2) is 41.5 Å². The van der Waals surface area contributed by atoms with Crippen molar-refractivity contribution in [1.29, 1.82) is 0 Å². The molecular formula is C13H17ClN2O3. The van der Waals surface area contributed by atoms with E-state index in [-0.39, 0.29) is 12.5 Å². The molecule has 5 nitrogen and oxygen atoms in total. The number of benzene rings is 1. The summed E-state index contributed by atoms with van der Waals surface area (Å²) >= 11 is 5.81. The first-order chi connectivity index (χ1) is 8.93. The summed E-state index contributed by atoms with van der Waals surface area (Å²) in [5.74, 6) is -1.20. The van der Waals surface area contributed by atoms with Crippen LogP contribution in [0.3, 0.4) is 0 Å². The lowest BCUT2D eigenvalue weighted by atomic mass is 10.2. The van der Waals surface area contributed by atoms with Gasteiger partial charge >= 0.3 is 5.97 Å². The summed E-state index contributed by atoms with van der Waals surface area (Å²) in [5.41, 5.74) is 0.592. The second kappa shape index (κ2) is 7.11. The average Bonchev–Trinajstić information content (AvgIpc) is 2.28. The highest BCUT2D eigenvalue weighted by atomic mass is 35.5. The predicted octanol–water partition coefficient (Wildman–Crippen LogP) is 2.07. The van der Waals surface area contributed by atoms with E-state index >= 15 is 0 Å². The lowest BCUT2D eigenvalue weighted by Gasteiger charge is -2.22. The molecule has 1 rings (SSSR count). The SMILES string of the molecule is CCC(C(=O)O)N(C)CC(=O)Nc1cccc(Cl)c1. The fourth-order valence-corrected chi connectivity index (χ4v) is 1.97. The number of carbonyl (C=O) groups excluding carboxylic acids is 1. The maximum atomic E-state index is 11.8. The molecule has 0 saturated carbocycles. The number of halogens is 1. The van der Waals surface area contributed by atoms with Gasteiger partial charge in [0, 0.05) is 10.7 Å². The first kappa shape index (κ1) is 15.5. The third-order valence-corrected chi connectivity index (χ3v) is 2.94. The molecule has 0 fully saturated rings. The van der Waals surface area contributed by atoms with E-state index in [2.05, 4.69) is 5.32 Å². The van der Waals surface area contributed by atoms with E-state index in [4.69, 9.17) is 16.7 Å². The Morgan fingerprint density at radius 1 is 1.47 bits per heavy atom. The molecule has 0 aromatic heterocycles. The van der Waals surface area contributed by atoms with Crippen molar-refractivity contribution in [2.75, 3.05) is 18.9 Å². The average molecular weight is 285 g/mol. The number of nitrogens with zero attached hydrogens (tertiary/aromatic N) is 1. The van der Waals surface area contributed by atoms with Gasteiger partial charge in [0.25, 0.3) is 0 Å². The Morgan fingerprint density at radius 3 is 2.68 bits per heavy atom. The van der Waals surface area contributed by atoms with Gasteiger partial charge in [0.2, 0.25) is 5.91 Å². The number of amides is 1. The molecule has 1 amide bonds. The Balaban J connectivity index is 2.58. The van der Waals surface area contributed by atoms with Gasteiger partial charge in [-0.25, -0.2) is 0 Å². The number of rotatable bonds is 6. The fraction of sp³-hybridized carbons (Fsp3) is 0.385. The maximum absolute atomic E-state index is 11.8.